The van der Waals surface area contributed by atoms with Crippen molar-refractivity contribution < 1.29 is 14.7 Å². The monoisotopic (exact) mass is 326 g/mol. The van der Waals surface area contributed by atoms with Crippen molar-refractivity contribution in [3.05, 3.63) is 28.2 Å². The molecule has 6 heteroatoms. The Morgan fingerprint density at radius 3 is 2.79 bits per heavy atom. The van der Waals surface area contributed by atoms with Crippen molar-refractivity contribution in [1.29, 1.82) is 0 Å². The van der Waals surface area contributed by atoms with E-state index in [0.29, 0.717) is 16.7 Å². The van der Waals surface area contributed by atoms with Crippen molar-refractivity contribution in [2.75, 3.05) is 18.4 Å². The summed E-state index contributed by atoms with van der Waals surface area (Å²) in [6.45, 7) is 3.29. The zero-order valence-corrected chi connectivity index (χ0v) is 12.1. The maximum Gasteiger partial charge on any atom is 0.337 e. The van der Waals surface area contributed by atoms with Crippen LogP contribution in [0.25, 0.3) is 0 Å². The molecule has 0 aromatic heterocycles. The molecule has 1 aliphatic rings. The SMILES string of the molecule is CC1(C(=O)Nc2ccc(Br)cc2C(=O)O)CCNC1. The van der Waals surface area contributed by atoms with Gasteiger partial charge in [-0.25, -0.2) is 4.79 Å². The largest absolute Gasteiger partial charge is 0.478 e. The van der Waals surface area contributed by atoms with Crippen LogP contribution in [0.4, 0.5) is 5.69 Å². The van der Waals surface area contributed by atoms with Gasteiger partial charge >= 0.3 is 5.97 Å². The smallest absolute Gasteiger partial charge is 0.337 e. The second-order valence-electron chi connectivity index (χ2n) is 4.94. The van der Waals surface area contributed by atoms with E-state index in [2.05, 4.69) is 26.6 Å². The van der Waals surface area contributed by atoms with Gasteiger partial charge in [-0.3, -0.25) is 4.79 Å². The Labute approximate surface area is 119 Å². The zero-order chi connectivity index (χ0) is 14.0. The fraction of sp³-hybridized carbons (Fsp3) is 0.385. The van der Waals surface area contributed by atoms with E-state index in [4.69, 9.17) is 5.11 Å². The molecule has 1 aliphatic heterocycles. The molecule has 102 valence electrons. The molecule has 1 heterocycles. The Balaban J connectivity index is 2.23. The third kappa shape index (κ3) is 2.96. The van der Waals surface area contributed by atoms with Crippen molar-refractivity contribution >= 4 is 33.5 Å². The quantitative estimate of drug-likeness (QED) is 0.794. The molecule has 1 saturated heterocycles. The molecule has 0 radical (unpaired) electrons. The summed E-state index contributed by atoms with van der Waals surface area (Å²) in [6, 6.07) is 4.78. The van der Waals surface area contributed by atoms with E-state index in [-0.39, 0.29) is 11.5 Å². The first-order chi connectivity index (χ1) is 8.92. The van der Waals surface area contributed by atoms with Gasteiger partial charge in [0.25, 0.3) is 0 Å². The number of carbonyl (C=O) groups is 2. The Morgan fingerprint density at radius 2 is 2.21 bits per heavy atom. The van der Waals surface area contributed by atoms with Crippen LogP contribution in [-0.4, -0.2) is 30.1 Å². The van der Waals surface area contributed by atoms with Gasteiger partial charge in [0.1, 0.15) is 0 Å². The van der Waals surface area contributed by atoms with Gasteiger partial charge in [-0.15, -0.1) is 0 Å². The fourth-order valence-corrected chi connectivity index (χ4v) is 2.45. The van der Waals surface area contributed by atoms with Gasteiger partial charge in [0.2, 0.25) is 5.91 Å². The number of nitrogens with one attached hydrogen (secondary N) is 2. The van der Waals surface area contributed by atoms with Crippen molar-refractivity contribution in [1.82, 2.24) is 5.32 Å². The second-order valence-corrected chi connectivity index (χ2v) is 5.85. The first-order valence-electron chi connectivity index (χ1n) is 5.97. The summed E-state index contributed by atoms with van der Waals surface area (Å²) in [6.07, 6.45) is 0.748. The van der Waals surface area contributed by atoms with Gasteiger partial charge in [0, 0.05) is 11.0 Å². The van der Waals surface area contributed by atoms with E-state index >= 15 is 0 Å². The highest BCUT2D eigenvalue weighted by atomic mass is 79.9. The minimum absolute atomic E-state index is 0.0808. The normalized spacial score (nSPS) is 22.2. The van der Waals surface area contributed by atoms with Crippen molar-refractivity contribution in [2.24, 2.45) is 5.41 Å². The van der Waals surface area contributed by atoms with E-state index in [1.165, 1.54) is 6.07 Å². The number of halogens is 1. The van der Waals surface area contributed by atoms with Crippen LogP contribution in [0.1, 0.15) is 23.7 Å². The van der Waals surface area contributed by atoms with Gasteiger partial charge in [0.15, 0.2) is 0 Å². The molecule has 19 heavy (non-hydrogen) atoms. The first-order valence-corrected chi connectivity index (χ1v) is 6.77. The summed E-state index contributed by atoms with van der Waals surface area (Å²) >= 11 is 3.22. The molecule has 0 aliphatic carbocycles. The van der Waals surface area contributed by atoms with Crippen LogP contribution in [0.3, 0.4) is 0 Å². The molecule has 1 aromatic rings. The number of hydrogen-bond donors (Lipinski definition) is 3. The average molecular weight is 327 g/mol. The Hall–Kier alpha value is -1.40. The van der Waals surface area contributed by atoms with Crippen LogP contribution in [0.15, 0.2) is 22.7 Å². The van der Waals surface area contributed by atoms with Crippen LogP contribution in [0.5, 0.6) is 0 Å². The summed E-state index contributed by atoms with van der Waals surface area (Å²) in [4.78, 5) is 23.4. The van der Waals surface area contributed by atoms with Gasteiger partial charge in [-0.1, -0.05) is 15.9 Å². The molecule has 0 saturated carbocycles. The molecule has 1 aromatic carbocycles. The van der Waals surface area contributed by atoms with Gasteiger partial charge in [0.05, 0.1) is 16.7 Å². The van der Waals surface area contributed by atoms with Gasteiger partial charge in [-0.2, -0.15) is 0 Å². The molecular weight excluding hydrogens is 312 g/mol. The van der Waals surface area contributed by atoms with E-state index in [1.54, 1.807) is 12.1 Å². The summed E-state index contributed by atoms with van der Waals surface area (Å²) < 4.78 is 0.664. The molecule has 1 unspecified atom stereocenters. The number of carboxylic acids is 1. The Morgan fingerprint density at radius 1 is 1.47 bits per heavy atom. The molecule has 1 amide bonds. The molecule has 1 atom stereocenters. The number of benzene rings is 1. The van der Waals surface area contributed by atoms with E-state index < -0.39 is 11.4 Å². The maximum atomic E-state index is 12.2. The summed E-state index contributed by atoms with van der Waals surface area (Å²) in [5.74, 6) is -1.21. The summed E-state index contributed by atoms with van der Waals surface area (Å²) in [7, 11) is 0. The number of carbonyl (C=O) groups excluding carboxylic acids is 1. The summed E-state index contributed by atoms with van der Waals surface area (Å²) in [5, 5.41) is 15.0. The third-order valence-electron chi connectivity index (χ3n) is 3.38. The van der Waals surface area contributed by atoms with E-state index in [9.17, 15) is 9.59 Å². The Kier molecular flexibility index (Phi) is 3.91. The van der Waals surface area contributed by atoms with Crippen LogP contribution in [0, 0.1) is 5.41 Å². The lowest BCUT2D eigenvalue weighted by Gasteiger charge is -2.22. The molecule has 0 spiro atoms. The fourth-order valence-electron chi connectivity index (χ4n) is 2.09. The number of rotatable bonds is 3. The average Bonchev–Trinajstić information content (AvgIpc) is 2.79. The predicted octanol–water partition coefficient (Wildman–Crippen LogP) is 2.09. The number of carboxylic acid groups (broad SMARTS) is 1. The topological polar surface area (TPSA) is 78.4 Å². The van der Waals surface area contributed by atoms with E-state index in [0.717, 1.165) is 13.0 Å². The molecule has 1 fully saturated rings. The molecular formula is C13H15BrN2O3. The highest BCUT2D eigenvalue weighted by Gasteiger charge is 2.36. The standard InChI is InChI=1S/C13H15BrN2O3/c1-13(4-5-15-7-13)12(19)16-10-3-2-8(14)6-9(10)11(17)18/h2-3,6,15H,4-5,7H2,1H3,(H,16,19)(H,17,18). The van der Waals surface area contributed by atoms with Crippen LogP contribution in [0.2, 0.25) is 0 Å². The van der Waals surface area contributed by atoms with Crippen LogP contribution in [-0.2, 0) is 4.79 Å². The first kappa shape index (κ1) is 14.0. The zero-order valence-electron chi connectivity index (χ0n) is 10.5. The highest BCUT2D eigenvalue weighted by Crippen LogP contribution is 2.28. The van der Waals surface area contributed by atoms with Gasteiger partial charge in [-0.05, 0) is 38.1 Å². The number of anilines is 1. The minimum atomic E-state index is -1.06. The lowest BCUT2D eigenvalue weighted by atomic mass is 9.88. The molecule has 2 rings (SSSR count). The molecule has 0 bridgehead atoms. The lowest BCUT2D eigenvalue weighted by molar-refractivity contribution is -0.123. The Bertz CT molecular complexity index is 525. The van der Waals surface area contributed by atoms with E-state index in [1.807, 2.05) is 6.92 Å². The van der Waals surface area contributed by atoms with Gasteiger partial charge < -0.3 is 15.7 Å². The lowest BCUT2D eigenvalue weighted by Crippen LogP contribution is -2.35. The second kappa shape index (κ2) is 5.30. The van der Waals surface area contributed by atoms with Crippen molar-refractivity contribution in [2.45, 2.75) is 13.3 Å². The van der Waals surface area contributed by atoms with Crippen LogP contribution < -0.4 is 10.6 Å². The number of aromatic carboxylic acids is 1. The molecule has 3 N–H and O–H groups in total. The summed E-state index contributed by atoms with van der Waals surface area (Å²) in [5.41, 5.74) is -0.0749. The maximum absolute atomic E-state index is 12.2. The number of amides is 1. The van der Waals surface area contributed by atoms with Crippen molar-refractivity contribution in [3.63, 3.8) is 0 Å². The minimum Gasteiger partial charge on any atom is -0.478 e. The highest BCUT2D eigenvalue weighted by molar-refractivity contribution is 9.10. The predicted molar refractivity (Wildman–Crippen MR) is 75.3 cm³/mol. The molecule has 5 nitrogen and oxygen atoms in total. The van der Waals surface area contributed by atoms with Crippen molar-refractivity contribution in [3.8, 4) is 0 Å². The third-order valence-corrected chi connectivity index (χ3v) is 3.87. The number of hydrogen-bond acceptors (Lipinski definition) is 3. The van der Waals surface area contributed by atoms with Crippen LogP contribution >= 0.6 is 15.9 Å².